The maximum Gasteiger partial charge on any atom is 0.0643 e. The molecule has 0 aliphatic carbocycles. The van der Waals surface area contributed by atoms with Crippen molar-refractivity contribution in [2.75, 3.05) is 0 Å². The lowest BCUT2D eigenvalue weighted by Gasteiger charge is -2.03. The molecule has 0 heterocycles. The summed E-state index contributed by atoms with van der Waals surface area (Å²) in [4.78, 5) is 0. The van der Waals surface area contributed by atoms with E-state index in [4.69, 9.17) is 23.2 Å². The third-order valence-corrected chi connectivity index (χ3v) is 3.69. The van der Waals surface area contributed by atoms with Gasteiger partial charge in [0.1, 0.15) is 0 Å². The van der Waals surface area contributed by atoms with E-state index in [1.807, 2.05) is 6.07 Å². The fraction of sp³-hybridized carbons (Fsp3) is 0.143. The molecule has 0 aliphatic rings. The van der Waals surface area contributed by atoms with E-state index < -0.39 is 0 Å². The van der Waals surface area contributed by atoms with Crippen molar-refractivity contribution in [3.8, 4) is 0 Å². The number of hydrogen-bond donors (Lipinski definition) is 0. The molecule has 0 spiro atoms. The Morgan fingerprint density at radius 2 is 2.00 bits per heavy atom. The van der Waals surface area contributed by atoms with Crippen molar-refractivity contribution in [1.82, 2.24) is 0 Å². The number of halogens is 4. The summed E-state index contributed by atoms with van der Waals surface area (Å²) in [5.74, 6) is 0. The topological polar surface area (TPSA) is 0 Å². The Kier molecular flexibility index (Phi) is 3.95. The van der Waals surface area contributed by atoms with E-state index in [9.17, 15) is 0 Å². The van der Waals surface area contributed by atoms with Gasteiger partial charge in [-0.3, -0.25) is 0 Å². The summed E-state index contributed by atoms with van der Waals surface area (Å²) in [6, 6.07) is 3.75. The highest BCUT2D eigenvalue weighted by atomic mass is 127. The largest absolute Gasteiger partial charge is 0.0875 e. The lowest BCUT2D eigenvalue weighted by Crippen LogP contribution is -1.85. The summed E-state index contributed by atoms with van der Waals surface area (Å²) >= 11 is 17.3. The van der Waals surface area contributed by atoms with Crippen LogP contribution >= 0.6 is 61.7 Å². The Bertz CT molecular complexity index is 275. The molecule has 0 radical (unpaired) electrons. The van der Waals surface area contributed by atoms with Gasteiger partial charge in [0.15, 0.2) is 0 Å². The van der Waals surface area contributed by atoms with Crippen LogP contribution in [0.15, 0.2) is 12.1 Å². The van der Waals surface area contributed by atoms with Gasteiger partial charge in [0.25, 0.3) is 0 Å². The minimum Gasteiger partial charge on any atom is -0.0875 e. The summed E-state index contributed by atoms with van der Waals surface area (Å²) in [7, 11) is 0. The predicted molar refractivity (Wildman–Crippen MR) is 61.8 cm³/mol. The van der Waals surface area contributed by atoms with Crippen LogP contribution in [0.4, 0.5) is 0 Å². The second-order valence-corrected chi connectivity index (χ2v) is 4.46. The average Bonchev–Trinajstić information content (AvgIpc) is 1.99. The molecule has 0 unspecified atom stereocenters. The molecule has 0 nitrogen and oxygen atoms in total. The van der Waals surface area contributed by atoms with Crippen LogP contribution in [0.25, 0.3) is 0 Å². The average molecular weight is 366 g/mol. The van der Waals surface area contributed by atoms with Crippen molar-refractivity contribution >= 4 is 61.7 Å². The molecule has 1 rings (SSSR count). The van der Waals surface area contributed by atoms with Crippen molar-refractivity contribution in [2.24, 2.45) is 0 Å². The summed E-state index contributed by atoms with van der Waals surface area (Å²) in [5.41, 5.74) is 1.06. The molecular formula is C7H4BrCl2I. The van der Waals surface area contributed by atoms with E-state index in [1.54, 1.807) is 6.07 Å². The summed E-state index contributed by atoms with van der Waals surface area (Å²) in [5, 5.41) is 2.00. The first-order valence-corrected chi connectivity index (χ1v) is 5.80. The van der Waals surface area contributed by atoms with Gasteiger partial charge >= 0.3 is 0 Å². The molecule has 60 valence electrons. The Morgan fingerprint density at radius 1 is 1.36 bits per heavy atom. The Labute approximate surface area is 97.5 Å². The van der Waals surface area contributed by atoms with Crippen LogP contribution in [0.1, 0.15) is 5.56 Å². The molecule has 0 saturated heterocycles. The van der Waals surface area contributed by atoms with Crippen LogP contribution in [0.3, 0.4) is 0 Å². The number of alkyl halides is 1. The fourth-order valence-corrected chi connectivity index (χ4v) is 3.17. The van der Waals surface area contributed by atoms with Gasteiger partial charge < -0.3 is 0 Å². The third-order valence-electron chi connectivity index (χ3n) is 1.27. The third kappa shape index (κ3) is 2.23. The highest BCUT2D eigenvalue weighted by molar-refractivity contribution is 14.1. The quantitative estimate of drug-likeness (QED) is 0.391. The lowest BCUT2D eigenvalue weighted by molar-refractivity contribution is 1.40. The monoisotopic (exact) mass is 364 g/mol. The Balaban J connectivity index is 3.29. The van der Waals surface area contributed by atoms with Crippen molar-refractivity contribution < 1.29 is 0 Å². The van der Waals surface area contributed by atoms with Gasteiger partial charge in [0, 0.05) is 8.90 Å². The van der Waals surface area contributed by atoms with Crippen molar-refractivity contribution in [2.45, 2.75) is 5.33 Å². The molecule has 0 N–H and O–H groups in total. The minimum absolute atomic E-state index is 0.613. The molecule has 0 aliphatic heterocycles. The Hall–Kier alpha value is 1.01. The van der Waals surface area contributed by atoms with E-state index >= 15 is 0 Å². The maximum absolute atomic E-state index is 5.93. The van der Waals surface area contributed by atoms with E-state index in [-0.39, 0.29) is 0 Å². The molecule has 0 fully saturated rings. The van der Waals surface area contributed by atoms with Crippen LogP contribution in [0, 0.1) is 3.57 Å². The van der Waals surface area contributed by atoms with Gasteiger partial charge in [-0.1, -0.05) is 39.1 Å². The zero-order valence-corrected chi connectivity index (χ0v) is 10.6. The van der Waals surface area contributed by atoms with E-state index in [2.05, 4.69) is 38.5 Å². The second-order valence-electron chi connectivity index (χ2n) is 1.96. The molecule has 4 heteroatoms. The van der Waals surface area contributed by atoms with Crippen LogP contribution in [-0.2, 0) is 5.33 Å². The molecular weight excluding hydrogens is 362 g/mol. The van der Waals surface area contributed by atoms with Gasteiger partial charge in [-0.05, 0) is 40.3 Å². The van der Waals surface area contributed by atoms with Crippen molar-refractivity contribution in [3.05, 3.63) is 31.3 Å². The van der Waals surface area contributed by atoms with E-state index in [0.29, 0.717) is 10.0 Å². The second kappa shape index (κ2) is 4.30. The fourth-order valence-electron chi connectivity index (χ4n) is 0.692. The highest BCUT2D eigenvalue weighted by Gasteiger charge is 2.06. The number of benzene rings is 1. The standard InChI is InChI=1S/C7H4BrCl2I/c8-3-4-6(11)2-1-5(9)7(4)10/h1-2H,3H2. The van der Waals surface area contributed by atoms with Gasteiger partial charge in [0.2, 0.25) is 0 Å². The Morgan fingerprint density at radius 3 is 2.45 bits per heavy atom. The maximum atomic E-state index is 5.93. The molecule has 0 atom stereocenters. The zero-order chi connectivity index (χ0) is 8.43. The van der Waals surface area contributed by atoms with Crippen molar-refractivity contribution in [1.29, 1.82) is 0 Å². The van der Waals surface area contributed by atoms with Gasteiger partial charge in [0.05, 0.1) is 10.0 Å². The molecule has 1 aromatic rings. The zero-order valence-electron chi connectivity index (χ0n) is 5.37. The summed E-state index contributed by atoms with van der Waals surface area (Å²) < 4.78 is 1.13. The van der Waals surface area contributed by atoms with Gasteiger partial charge in [-0.25, -0.2) is 0 Å². The predicted octanol–water partition coefficient (Wildman–Crippen LogP) is 4.49. The van der Waals surface area contributed by atoms with Crippen LogP contribution in [0.5, 0.6) is 0 Å². The molecule has 0 bridgehead atoms. The van der Waals surface area contributed by atoms with E-state index in [0.717, 1.165) is 14.5 Å². The van der Waals surface area contributed by atoms with Crippen LogP contribution < -0.4 is 0 Å². The molecule has 0 saturated carbocycles. The first-order chi connectivity index (χ1) is 5.16. The summed E-state index contributed by atoms with van der Waals surface area (Å²) in [6.07, 6.45) is 0. The smallest absolute Gasteiger partial charge is 0.0643 e. The normalized spacial score (nSPS) is 10.2. The van der Waals surface area contributed by atoms with Crippen LogP contribution in [-0.4, -0.2) is 0 Å². The highest BCUT2D eigenvalue weighted by Crippen LogP contribution is 2.30. The van der Waals surface area contributed by atoms with Gasteiger partial charge in [-0.15, -0.1) is 0 Å². The lowest BCUT2D eigenvalue weighted by atomic mass is 10.2. The molecule has 0 amide bonds. The van der Waals surface area contributed by atoms with E-state index in [1.165, 1.54) is 0 Å². The SMILES string of the molecule is Clc1ccc(I)c(CBr)c1Cl. The van der Waals surface area contributed by atoms with Crippen molar-refractivity contribution in [3.63, 3.8) is 0 Å². The first kappa shape index (κ1) is 10.1. The molecule has 0 aromatic heterocycles. The van der Waals surface area contributed by atoms with Crippen LogP contribution in [0.2, 0.25) is 10.0 Å². The summed E-state index contributed by atoms with van der Waals surface area (Å²) in [6.45, 7) is 0. The molecule has 1 aromatic carbocycles. The van der Waals surface area contributed by atoms with Gasteiger partial charge in [-0.2, -0.15) is 0 Å². The molecule has 11 heavy (non-hydrogen) atoms. The number of hydrogen-bond acceptors (Lipinski definition) is 0. The first-order valence-electron chi connectivity index (χ1n) is 2.85. The number of rotatable bonds is 1. The minimum atomic E-state index is 0.613.